The molecule has 0 aliphatic carbocycles. The number of nitrogens with zero attached hydrogens (tertiary/aromatic N) is 1. The topological polar surface area (TPSA) is 68.3 Å². The molecule has 2 aromatic carbocycles. The lowest BCUT2D eigenvalue weighted by molar-refractivity contribution is -0.143. The summed E-state index contributed by atoms with van der Waals surface area (Å²) in [5.41, 5.74) is 2.98. The van der Waals surface area contributed by atoms with E-state index in [4.69, 9.17) is 16.3 Å². The van der Waals surface area contributed by atoms with Crippen LogP contribution in [0.25, 0.3) is 10.9 Å². The minimum absolute atomic E-state index is 0.00428. The first-order chi connectivity index (χ1) is 12.5. The highest BCUT2D eigenvalue weighted by molar-refractivity contribution is 6.30. The number of rotatable bonds is 5. The quantitative estimate of drug-likeness (QED) is 0.551. The minimum Gasteiger partial charge on any atom is -0.459 e. The lowest BCUT2D eigenvalue weighted by atomic mass is 10.1. The van der Waals surface area contributed by atoms with Crippen LogP contribution >= 0.6 is 11.6 Å². The summed E-state index contributed by atoms with van der Waals surface area (Å²) in [4.78, 5) is 28.1. The van der Waals surface area contributed by atoms with E-state index in [1.165, 1.54) is 0 Å². The number of ether oxygens (including phenoxy) is 1. The van der Waals surface area contributed by atoms with Crippen molar-refractivity contribution in [3.8, 4) is 0 Å². The van der Waals surface area contributed by atoms with Crippen LogP contribution in [0.2, 0.25) is 5.15 Å². The summed E-state index contributed by atoms with van der Waals surface area (Å²) >= 11 is 6.17. The number of hydrogen-bond acceptors (Lipinski definition) is 4. The Kier molecular flexibility index (Phi) is 5.49. The van der Waals surface area contributed by atoms with Crippen molar-refractivity contribution in [3.63, 3.8) is 0 Å². The Morgan fingerprint density at radius 2 is 1.88 bits per heavy atom. The second-order valence-corrected chi connectivity index (χ2v) is 6.20. The Hall–Kier alpha value is -2.92. The molecule has 5 nitrogen and oxygen atoms in total. The van der Waals surface area contributed by atoms with Crippen molar-refractivity contribution in [3.05, 3.63) is 76.4 Å². The van der Waals surface area contributed by atoms with Gasteiger partial charge in [0.2, 0.25) is 0 Å². The van der Waals surface area contributed by atoms with Crippen molar-refractivity contribution in [2.24, 2.45) is 0 Å². The van der Waals surface area contributed by atoms with Gasteiger partial charge in [-0.05, 0) is 36.8 Å². The average molecular weight is 369 g/mol. The Labute approximate surface area is 156 Å². The molecule has 3 rings (SSSR count). The zero-order valence-electron chi connectivity index (χ0n) is 14.2. The van der Waals surface area contributed by atoms with Gasteiger partial charge in [0.25, 0.3) is 5.91 Å². The summed E-state index contributed by atoms with van der Waals surface area (Å²) in [6.07, 6.45) is 0. The summed E-state index contributed by atoms with van der Waals surface area (Å²) in [5.74, 6) is -0.877. The Balaban J connectivity index is 1.57. The smallest absolute Gasteiger partial charge is 0.325 e. The van der Waals surface area contributed by atoms with E-state index in [0.29, 0.717) is 16.3 Å². The second-order valence-electron chi connectivity index (χ2n) is 5.84. The molecule has 132 valence electrons. The maximum atomic E-state index is 11.9. The summed E-state index contributed by atoms with van der Waals surface area (Å²) in [6, 6.07) is 16.4. The third-order valence-electron chi connectivity index (χ3n) is 3.82. The van der Waals surface area contributed by atoms with Crippen molar-refractivity contribution >= 4 is 34.4 Å². The van der Waals surface area contributed by atoms with Crippen LogP contribution in [0.5, 0.6) is 0 Å². The molecule has 1 heterocycles. The molecule has 26 heavy (non-hydrogen) atoms. The van der Waals surface area contributed by atoms with Crippen LogP contribution < -0.4 is 5.32 Å². The minimum atomic E-state index is -0.547. The van der Waals surface area contributed by atoms with Crippen molar-refractivity contribution in [2.75, 3.05) is 6.54 Å². The third kappa shape index (κ3) is 4.37. The standard InChI is InChI=1S/C20H17ClN2O3/c1-13-7-8-15-10-16(19(21)23-17(15)9-13)12-26-18(24)11-22-20(25)14-5-3-2-4-6-14/h2-10H,11-12H2,1H3,(H,22,25). The van der Waals surface area contributed by atoms with Crippen LogP contribution in [0.1, 0.15) is 21.5 Å². The van der Waals surface area contributed by atoms with Crippen LogP contribution in [0, 0.1) is 6.92 Å². The molecule has 0 saturated heterocycles. The lowest BCUT2D eigenvalue weighted by Gasteiger charge is -2.09. The zero-order chi connectivity index (χ0) is 18.5. The average Bonchev–Trinajstić information content (AvgIpc) is 2.65. The van der Waals surface area contributed by atoms with Crippen molar-refractivity contribution in [1.29, 1.82) is 0 Å². The molecule has 0 fully saturated rings. The largest absolute Gasteiger partial charge is 0.459 e. The molecule has 0 unspecified atom stereocenters. The van der Waals surface area contributed by atoms with Gasteiger partial charge < -0.3 is 10.1 Å². The summed E-state index contributed by atoms with van der Waals surface area (Å²) in [5, 5.41) is 3.74. The first kappa shape index (κ1) is 17.9. The fourth-order valence-corrected chi connectivity index (χ4v) is 2.65. The number of pyridine rings is 1. The van der Waals surface area contributed by atoms with Gasteiger partial charge in [-0.2, -0.15) is 0 Å². The highest BCUT2D eigenvalue weighted by atomic mass is 35.5. The van der Waals surface area contributed by atoms with Crippen LogP contribution in [-0.4, -0.2) is 23.4 Å². The number of halogens is 1. The highest BCUT2D eigenvalue weighted by Crippen LogP contribution is 2.22. The fourth-order valence-electron chi connectivity index (χ4n) is 2.45. The number of aryl methyl sites for hydroxylation is 1. The molecule has 0 atom stereocenters. The van der Waals surface area contributed by atoms with E-state index in [-0.39, 0.29) is 19.1 Å². The number of fused-ring (bicyclic) bond motifs is 1. The van der Waals surface area contributed by atoms with Crippen LogP contribution in [-0.2, 0) is 16.1 Å². The number of hydrogen-bond donors (Lipinski definition) is 1. The number of esters is 1. The first-order valence-electron chi connectivity index (χ1n) is 8.07. The molecular weight excluding hydrogens is 352 g/mol. The third-order valence-corrected chi connectivity index (χ3v) is 4.14. The lowest BCUT2D eigenvalue weighted by Crippen LogP contribution is -2.30. The molecule has 1 aromatic heterocycles. The van der Waals surface area contributed by atoms with Gasteiger partial charge in [0.05, 0.1) is 5.52 Å². The summed E-state index contributed by atoms with van der Waals surface area (Å²) < 4.78 is 5.19. The Bertz CT molecular complexity index is 958. The van der Waals surface area contributed by atoms with Gasteiger partial charge in [-0.3, -0.25) is 9.59 Å². The van der Waals surface area contributed by atoms with E-state index in [1.54, 1.807) is 24.3 Å². The van der Waals surface area contributed by atoms with Crippen LogP contribution in [0.4, 0.5) is 0 Å². The van der Waals surface area contributed by atoms with E-state index in [9.17, 15) is 9.59 Å². The Morgan fingerprint density at radius 1 is 1.12 bits per heavy atom. The first-order valence-corrected chi connectivity index (χ1v) is 8.45. The number of nitrogens with one attached hydrogen (secondary N) is 1. The molecule has 3 aromatic rings. The van der Waals surface area contributed by atoms with E-state index in [1.807, 2.05) is 37.3 Å². The van der Waals surface area contributed by atoms with Gasteiger partial charge in [0, 0.05) is 16.5 Å². The Morgan fingerprint density at radius 3 is 2.65 bits per heavy atom. The number of carbonyl (C=O) groups excluding carboxylic acids is 2. The number of aromatic nitrogens is 1. The van der Waals surface area contributed by atoms with E-state index < -0.39 is 5.97 Å². The molecule has 0 radical (unpaired) electrons. The zero-order valence-corrected chi connectivity index (χ0v) is 14.9. The van der Waals surface area contributed by atoms with E-state index in [0.717, 1.165) is 16.5 Å². The SMILES string of the molecule is Cc1ccc2cc(COC(=O)CNC(=O)c3ccccc3)c(Cl)nc2c1. The molecule has 0 aliphatic rings. The molecule has 0 spiro atoms. The van der Waals surface area contributed by atoms with Gasteiger partial charge in [0.15, 0.2) is 0 Å². The summed E-state index contributed by atoms with van der Waals surface area (Å²) in [7, 11) is 0. The monoisotopic (exact) mass is 368 g/mol. The molecule has 1 N–H and O–H groups in total. The van der Waals surface area contributed by atoms with Gasteiger partial charge >= 0.3 is 5.97 Å². The predicted molar refractivity (Wildman–Crippen MR) is 100 cm³/mol. The van der Waals surface area contributed by atoms with Gasteiger partial charge in [-0.1, -0.05) is 41.9 Å². The van der Waals surface area contributed by atoms with Crippen molar-refractivity contribution in [1.82, 2.24) is 10.3 Å². The molecule has 1 amide bonds. The van der Waals surface area contributed by atoms with E-state index >= 15 is 0 Å². The van der Waals surface area contributed by atoms with Crippen molar-refractivity contribution < 1.29 is 14.3 Å². The maximum Gasteiger partial charge on any atom is 0.325 e. The molecule has 0 saturated carbocycles. The fraction of sp³-hybridized carbons (Fsp3) is 0.150. The molecular formula is C20H17ClN2O3. The van der Waals surface area contributed by atoms with Crippen LogP contribution in [0.15, 0.2) is 54.6 Å². The maximum absolute atomic E-state index is 11.9. The molecule has 0 bridgehead atoms. The number of carbonyl (C=O) groups is 2. The highest BCUT2D eigenvalue weighted by Gasteiger charge is 2.11. The van der Waals surface area contributed by atoms with Gasteiger partial charge in [0.1, 0.15) is 18.3 Å². The van der Waals surface area contributed by atoms with Gasteiger partial charge in [-0.15, -0.1) is 0 Å². The van der Waals surface area contributed by atoms with E-state index in [2.05, 4.69) is 10.3 Å². The van der Waals surface area contributed by atoms with Crippen molar-refractivity contribution in [2.45, 2.75) is 13.5 Å². The van der Waals surface area contributed by atoms with Crippen LogP contribution in [0.3, 0.4) is 0 Å². The predicted octanol–water partition coefficient (Wildman–Crippen LogP) is 3.67. The normalized spacial score (nSPS) is 10.5. The summed E-state index contributed by atoms with van der Waals surface area (Å²) in [6.45, 7) is 1.76. The second kappa shape index (κ2) is 7.97. The number of amides is 1. The molecule has 6 heteroatoms. The van der Waals surface area contributed by atoms with Gasteiger partial charge in [-0.25, -0.2) is 4.98 Å². The molecule has 0 aliphatic heterocycles. The number of benzene rings is 2.